The Kier molecular flexibility index (Phi) is 8.23. The number of allylic oxidation sites excluding steroid dienone is 1. The van der Waals surface area contributed by atoms with Gasteiger partial charge in [0.2, 0.25) is 0 Å². The third-order valence-corrected chi connectivity index (χ3v) is 5.92. The van der Waals surface area contributed by atoms with Gasteiger partial charge in [0.25, 0.3) is 11.8 Å². The number of anilines is 1. The van der Waals surface area contributed by atoms with Crippen molar-refractivity contribution in [3.05, 3.63) is 106 Å². The van der Waals surface area contributed by atoms with Gasteiger partial charge in [0.1, 0.15) is 18.0 Å². The number of benzene rings is 3. The zero-order valence-corrected chi connectivity index (χ0v) is 21.3. The predicted molar refractivity (Wildman–Crippen MR) is 143 cm³/mol. The van der Waals surface area contributed by atoms with E-state index in [1.165, 1.54) is 30.3 Å². The van der Waals surface area contributed by atoms with E-state index in [0.717, 1.165) is 4.90 Å². The fraction of sp³-hybridized carbons (Fsp3) is 0.138. The van der Waals surface area contributed by atoms with E-state index in [1.54, 1.807) is 49.4 Å². The van der Waals surface area contributed by atoms with Gasteiger partial charge < -0.3 is 9.47 Å². The summed E-state index contributed by atoms with van der Waals surface area (Å²) in [6, 6.07) is 14.9. The topological polar surface area (TPSA) is 84.9 Å². The molecule has 0 radical (unpaired) electrons. The lowest BCUT2D eigenvalue weighted by Gasteiger charge is -2.27. The van der Waals surface area contributed by atoms with Crippen molar-refractivity contribution in [2.75, 3.05) is 11.5 Å². The summed E-state index contributed by atoms with van der Waals surface area (Å²) in [5, 5.41) is 2.36. The molecule has 1 aliphatic heterocycles. The van der Waals surface area contributed by atoms with Gasteiger partial charge in [-0.1, -0.05) is 41.9 Å². The molecule has 9 heteroatoms. The predicted octanol–water partition coefficient (Wildman–Crippen LogP) is 5.85. The summed E-state index contributed by atoms with van der Waals surface area (Å²) >= 11 is 6.20. The maximum atomic E-state index is 13.6. The Morgan fingerprint density at radius 3 is 2.55 bits per heavy atom. The number of imide groups is 2. The lowest BCUT2D eigenvalue weighted by Crippen LogP contribution is -2.54. The molecule has 194 valence electrons. The maximum absolute atomic E-state index is 13.6. The molecule has 0 unspecified atom stereocenters. The quantitative estimate of drug-likeness (QED) is 0.211. The average Bonchev–Trinajstić information content (AvgIpc) is 2.87. The minimum absolute atomic E-state index is 0.0954. The number of hydrogen-bond acceptors (Lipinski definition) is 5. The van der Waals surface area contributed by atoms with Crippen LogP contribution in [0.25, 0.3) is 6.08 Å². The highest BCUT2D eigenvalue weighted by atomic mass is 35.5. The highest BCUT2D eigenvalue weighted by Crippen LogP contribution is 2.36. The second-order valence-electron chi connectivity index (χ2n) is 8.26. The molecule has 7 nitrogen and oxygen atoms in total. The van der Waals surface area contributed by atoms with Crippen LogP contribution in [-0.4, -0.2) is 24.5 Å². The molecule has 3 aromatic rings. The number of halogens is 2. The first kappa shape index (κ1) is 26.6. The lowest BCUT2D eigenvalue weighted by atomic mass is 10.0. The van der Waals surface area contributed by atoms with Gasteiger partial charge in [0.05, 0.1) is 17.3 Å². The molecule has 0 saturated carbocycles. The van der Waals surface area contributed by atoms with E-state index in [4.69, 9.17) is 21.1 Å². The van der Waals surface area contributed by atoms with E-state index in [0.29, 0.717) is 41.2 Å². The Morgan fingerprint density at radius 2 is 1.84 bits per heavy atom. The van der Waals surface area contributed by atoms with E-state index in [1.807, 2.05) is 0 Å². The Bertz CT molecular complexity index is 1450. The number of nitrogens with zero attached hydrogens (tertiary/aromatic N) is 1. The summed E-state index contributed by atoms with van der Waals surface area (Å²) in [5.41, 5.74) is 1.67. The molecule has 1 saturated heterocycles. The molecule has 1 N–H and O–H groups in total. The molecular weight excluding hydrogens is 511 g/mol. The summed E-state index contributed by atoms with van der Waals surface area (Å²) in [4.78, 5) is 39.3. The average molecular weight is 535 g/mol. The van der Waals surface area contributed by atoms with Crippen LogP contribution in [0.4, 0.5) is 14.9 Å². The van der Waals surface area contributed by atoms with Crippen molar-refractivity contribution in [1.29, 1.82) is 0 Å². The van der Waals surface area contributed by atoms with Crippen molar-refractivity contribution in [1.82, 2.24) is 5.32 Å². The molecule has 1 aliphatic rings. The number of carbonyl (C=O) groups is 3. The van der Waals surface area contributed by atoms with Gasteiger partial charge in [-0.05, 0) is 66.9 Å². The molecule has 1 heterocycles. The van der Waals surface area contributed by atoms with Gasteiger partial charge in [-0.2, -0.15) is 0 Å². The number of nitrogens with one attached hydrogen (secondary N) is 1. The van der Waals surface area contributed by atoms with Crippen LogP contribution in [-0.2, 0) is 22.6 Å². The number of ether oxygens (including phenoxy) is 2. The van der Waals surface area contributed by atoms with Gasteiger partial charge in [0, 0.05) is 5.56 Å². The normalized spacial score (nSPS) is 14.4. The summed E-state index contributed by atoms with van der Waals surface area (Å²) in [6.07, 6.45) is 3.44. The molecule has 0 bridgehead atoms. The minimum Gasteiger partial charge on any atom is -0.490 e. The lowest BCUT2D eigenvalue weighted by molar-refractivity contribution is -0.122. The highest BCUT2D eigenvalue weighted by molar-refractivity contribution is 6.42. The summed E-state index contributed by atoms with van der Waals surface area (Å²) < 4.78 is 25.5. The first-order chi connectivity index (χ1) is 18.3. The Labute approximate surface area is 224 Å². The third kappa shape index (κ3) is 5.76. The van der Waals surface area contributed by atoms with Crippen molar-refractivity contribution in [2.24, 2.45) is 0 Å². The number of carbonyl (C=O) groups excluding carboxylic acids is 3. The minimum atomic E-state index is -0.895. The number of para-hydroxylation sites is 1. The zero-order chi connectivity index (χ0) is 27.2. The second kappa shape index (κ2) is 11.7. The largest absolute Gasteiger partial charge is 0.490 e. The van der Waals surface area contributed by atoms with Crippen LogP contribution in [0.15, 0.2) is 78.9 Å². The maximum Gasteiger partial charge on any atom is 0.335 e. The van der Waals surface area contributed by atoms with Crippen molar-refractivity contribution >= 4 is 41.2 Å². The Morgan fingerprint density at radius 1 is 1.05 bits per heavy atom. The molecule has 4 amide bonds. The molecule has 0 spiro atoms. The number of barbiturate groups is 1. The SMILES string of the molecule is C=CCc1cc(/C=C2\C(=O)NC(=O)N(c3ccccc3Cl)C2=O)cc(OCC)c1OCc1cccc(F)c1. The number of hydrogen-bond donors (Lipinski definition) is 1. The van der Waals surface area contributed by atoms with Crippen LogP contribution < -0.4 is 19.7 Å². The van der Waals surface area contributed by atoms with Gasteiger partial charge in [-0.3, -0.25) is 14.9 Å². The molecule has 4 rings (SSSR count). The van der Waals surface area contributed by atoms with Gasteiger partial charge >= 0.3 is 6.03 Å². The number of rotatable bonds is 9. The van der Waals surface area contributed by atoms with Crippen LogP contribution in [0, 0.1) is 5.82 Å². The molecule has 1 fully saturated rings. The second-order valence-corrected chi connectivity index (χ2v) is 8.67. The van der Waals surface area contributed by atoms with Gasteiger partial charge in [-0.15, -0.1) is 6.58 Å². The monoisotopic (exact) mass is 534 g/mol. The van der Waals surface area contributed by atoms with Crippen LogP contribution in [0.1, 0.15) is 23.6 Å². The first-order valence-corrected chi connectivity index (χ1v) is 12.1. The molecule has 3 aromatic carbocycles. The van der Waals surface area contributed by atoms with Crippen LogP contribution in [0.3, 0.4) is 0 Å². The molecule has 38 heavy (non-hydrogen) atoms. The number of urea groups is 1. The molecular formula is C29H24ClFN2O5. The first-order valence-electron chi connectivity index (χ1n) is 11.8. The van der Waals surface area contributed by atoms with Crippen molar-refractivity contribution in [2.45, 2.75) is 20.0 Å². The summed E-state index contributed by atoms with van der Waals surface area (Å²) in [7, 11) is 0. The smallest absolute Gasteiger partial charge is 0.335 e. The van der Waals surface area contributed by atoms with Gasteiger partial charge in [-0.25, -0.2) is 14.1 Å². The molecule has 0 aromatic heterocycles. The van der Waals surface area contributed by atoms with Crippen LogP contribution >= 0.6 is 11.6 Å². The molecule has 0 aliphatic carbocycles. The Hall–Kier alpha value is -4.43. The summed E-state index contributed by atoms with van der Waals surface area (Å²) in [6.45, 7) is 6.01. The van der Waals surface area contributed by atoms with Crippen molar-refractivity contribution in [3.8, 4) is 11.5 Å². The van der Waals surface area contributed by atoms with E-state index >= 15 is 0 Å². The zero-order valence-electron chi connectivity index (χ0n) is 20.5. The Balaban J connectivity index is 1.73. The van der Waals surface area contributed by atoms with E-state index in [-0.39, 0.29) is 28.7 Å². The van der Waals surface area contributed by atoms with Crippen LogP contribution in [0.5, 0.6) is 11.5 Å². The number of amides is 4. The van der Waals surface area contributed by atoms with Crippen LogP contribution in [0.2, 0.25) is 5.02 Å². The van der Waals surface area contributed by atoms with E-state index < -0.39 is 17.8 Å². The van der Waals surface area contributed by atoms with E-state index in [2.05, 4.69) is 11.9 Å². The van der Waals surface area contributed by atoms with Gasteiger partial charge in [0.15, 0.2) is 11.5 Å². The van der Waals surface area contributed by atoms with Crippen molar-refractivity contribution < 1.29 is 28.2 Å². The standard InChI is InChI=1S/C29H24ClFN2O5/c1-3-8-20-13-19(16-25(37-4-2)26(20)38-17-18-9-7-10-21(31)14-18)15-22-27(34)32-29(36)33(28(22)35)24-12-6-5-11-23(24)30/h3,5-7,9-16H,1,4,8,17H2,2H3,(H,32,34,36)/b22-15+. The fourth-order valence-corrected chi connectivity index (χ4v) is 4.18. The fourth-order valence-electron chi connectivity index (χ4n) is 3.96. The molecule has 0 atom stereocenters. The third-order valence-electron chi connectivity index (χ3n) is 5.60. The summed E-state index contributed by atoms with van der Waals surface area (Å²) in [5.74, 6) is -1.22. The van der Waals surface area contributed by atoms with E-state index in [9.17, 15) is 18.8 Å². The highest BCUT2D eigenvalue weighted by Gasteiger charge is 2.37. The van der Waals surface area contributed by atoms with Crippen molar-refractivity contribution in [3.63, 3.8) is 0 Å².